The van der Waals surface area contributed by atoms with Crippen LogP contribution in [0.1, 0.15) is 45.3 Å². The number of amides is 1. The molecule has 2 atom stereocenters. The summed E-state index contributed by atoms with van der Waals surface area (Å²) in [5.41, 5.74) is 2.53. The molecule has 2 aliphatic heterocycles. The molecular formula is C24H23NO7S. The molecule has 0 spiro atoms. The Balaban J connectivity index is 1.78. The van der Waals surface area contributed by atoms with Gasteiger partial charge in [0.1, 0.15) is 5.58 Å². The number of nitrogens with zero attached hydrogens (tertiary/aromatic N) is 1. The van der Waals surface area contributed by atoms with E-state index < -0.39 is 27.8 Å². The number of aryl methyl sites for hydroxylation is 2. The van der Waals surface area contributed by atoms with Gasteiger partial charge in [-0.05, 0) is 61.2 Å². The Morgan fingerprint density at radius 2 is 1.85 bits per heavy atom. The second kappa shape index (κ2) is 7.34. The lowest BCUT2D eigenvalue weighted by molar-refractivity contribution is 0.0662. The van der Waals surface area contributed by atoms with Crippen LogP contribution in [0.5, 0.6) is 11.5 Å². The molecule has 1 saturated heterocycles. The Labute approximate surface area is 190 Å². The third-order valence-electron chi connectivity index (χ3n) is 6.64. The van der Waals surface area contributed by atoms with Gasteiger partial charge in [0.2, 0.25) is 5.76 Å². The molecule has 3 aromatic rings. The molecule has 1 N–H and O–H groups in total. The number of carbonyl (C=O) groups excluding carboxylic acids is 1. The molecule has 172 valence electrons. The molecule has 2 aliphatic rings. The minimum atomic E-state index is -3.30. The molecule has 0 bridgehead atoms. The molecule has 1 fully saturated rings. The number of fused-ring (bicyclic) bond motifs is 2. The molecule has 8 nitrogen and oxygen atoms in total. The van der Waals surface area contributed by atoms with E-state index >= 15 is 0 Å². The van der Waals surface area contributed by atoms with Crippen LogP contribution in [0.25, 0.3) is 11.0 Å². The van der Waals surface area contributed by atoms with Crippen molar-refractivity contribution >= 4 is 26.7 Å². The molecule has 0 aliphatic carbocycles. The summed E-state index contributed by atoms with van der Waals surface area (Å²) in [6, 6.07) is 6.62. The fourth-order valence-corrected chi connectivity index (χ4v) is 6.52. The molecule has 3 heterocycles. The molecule has 5 rings (SSSR count). The monoisotopic (exact) mass is 469 g/mol. The van der Waals surface area contributed by atoms with E-state index in [1.807, 2.05) is 13.8 Å². The highest BCUT2D eigenvalue weighted by Gasteiger charge is 2.48. The highest BCUT2D eigenvalue weighted by Crippen LogP contribution is 2.43. The normalized spacial score (nSPS) is 21.5. The zero-order valence-electron chi connectivity index (χ0n) is 18.4. The summed E-state index contributed by atoms with van der Waals surface area (Å²) in [5, 5.41) is 10.4. The first-order valence-electron chi connectivity index (χ1n) is 10.6. The highest BCUT2D eigenvalue weighted by atomic mass is 32.2. The van der Waals surface area contributed by atoms with E-state index in [1.165, 1.54) is 18.1 Å². The zero-order valence-corrected chi connectivity index (χ0v) is 19.2. The number of methoxy groups -OCH3 is 1. The van der Waals surface area contributed by atoms with Crippen molar-refractivity contribution < 1.29 is 27.5 Å². The minimum Gasteiger partial charge on any atom is -0.504 e. The third kappa shape index (κ3) is 3.30. The lowest BCUT2D eigenvalue weighted by Gasteiger charge is -2.30. The number of phenolic OH excluding ortho intramolecular Hbond substituents is 1. The van der Waals surface area contributed by atoms with Gasteiger partial charge in [-0.15, -0.1) is 0 Å². The average molecular weight is 470 g/mol. The maximum atomic E-state index is 13.7. The summed E-state index contributed by atoms with van der Waals surface area (Å²) in [7, 11) is -1.89. The fourth-order valence-electron chi connectivity index (χ4n) is 4.81. The smallest absolute Gasteiger partial charge is 0.291 e. The van der Waals surface area contributed by atoms with E-state index in [9.17, 15) is 23.1 Å². The first kappa shape index (κ1) is 21.5. The van der Waals surface area contributed by atoms with Gasteiger partial charge in [0.05, 0.1) is 35.6 Å². The van der Waals surface area contributed by atoms with Crippen molar-refractivity contribution in [2.24, 2.45) is 0 Å². The van der Waals surface area contributed by atoms with Gasteiger partial charge in [0.25, 0.3) is 5.91 Å². The first-order chi connectivity index (χ1) is 15.6. The van der Waals surface area contributed by atoms with Gasteiger partial charge in [0.15, 0.2) is 26.8 Å². The van der Waals surface area contributed by atoms with Crippen molar-refractivity contribution in [3.8, 4) is 11.5 Å². The number of hydrogen-bond acceptors (Lipinski definition) is 7. The van der Waals surface area contributed by atoms with E-state index in [0.29, 0.717) is 16.5 Å². The minimum absolute atomic E-state index is 0.0227. The van der Waals surface area contributed by atoms with E-state index in [2.05, 4.69) is 0 Å². The molecule has 0 radical (unpaired) electrons. The lowest BCUT2D eigenvalue weighted by Crippen LogP contribution is -2.40. The number of hydrogen-bond donors (Lipinski definition) is 1. The Hall–Kier alpha value is -3.33. The van der Waals surface area contributed by atoms with Crippen molar-refractivity contribution in [1.82, 2.24) is 4.90 Å². The molecule has 2 unspecified atom stereocenters. The van der Waals surface area contributed by atoms with E-state index in [4.69, 9.17) is 9.15 Å². The van der Waals surface area contributed by atoms with Gasteiger partial charge >= 0.3 is 0 Å². The summed E-state index contributed by atoms with van der Waals surface area (Å²) in [5.74, 6) is -0.685. The van der Waals surface area contributed by atoms with Crippen LogP contribution < -0.4 is 10.2 Å². The largest absolute Gasteiger partial charge is 0.504 e. The van der Waals surface area contributed by atoms with Crippen LogP contribution in [-0.4, -0.2) is 49.0 Å². The first-order valence-corrected chi connectivity index (χ1v) is 12.4. The Morgan fingerprint density at radius 3 is 2.52 bits per heavy atom. The molecule has 2 aromatic carbocycles. The van der Waals surface area contributed by atoms with Gasteiger partial charge in [0, 0.05) is 6.04 Å². The Morgan fingerprint density at radius 1 is 1.12 bits per heavy atom. The van der Waals surface area contributed by atoms with Crippen molar-refractivity contribution in [2.75, 3.05) is 18.6 Å². The van der Waals surface area contributed by atoms with Crippen LogP contribution in [0, 0.1) is 13.8 Å². The van der Waals surface area contributed by atoms with Crippen LogP contribution in [0.2, 0.25) is 0 Å². The highest BCUT2D eigenvalue weighted by molar-refractivity contribution is 7.91. The van der Waals surface area contributed by atoms with Crippen molar-refractivity contribution in [3.05, 3.63) is 68.6 Å². The predicted molar refractivity (Wildman–Crippen MR) is 122 cm³/mol. The van der Waals surface area contributed by atoms with E-state index in [1.54, 1.807) is 24.3 Å². The zero-order chi connectivity index (χ0) is 23.7. The number of carbonyl (C=O) groups is 1. The number of phenols is 1. The third-order valence-corrected chi connectivity index (χ3v) is 8.39. The fraction of sp³-hybridized carbons (Fsp3) is 0.333. The molecule has 9 heteroatoms. The molecule has 1 aromatic heterocycles. The Kier molecular flexibility index (Phi) is 4.79. The summed E-state index contributed by atoms with van der Waals surface area (Å²) in [6.07, 6.45) is 0.277. The summed E-state index contributed by atoms with van der Waals surface area (Å²) in [6.45, 7) is 3.79. The van der Waals surface area contributed by atoms with Gasteiger partial charge < -0.3 is 19.2 Å². The van der Waals surface area contributed by atoms with Crippen molar-refractivity contribution in [3.63, 3.8) is 0 Å². The van der Waals surface area contributed by atoms with Gasteiger partial charge in [-0.25, -0.2) is 8.42 Å². The second-order valence-electron chi connectivity index (χ2n) is 8.71. The Bertz CT molecular complexity index is 1490. The molecule has 1 amide bonds. The lowest BCUT2D eigenvalue weighted by atomic mass is 9.96. The second-order valence-corrected chi connectivity index (χ2v) is 10.9. The summed E-state index contributed by atoms with van der Waals surface area (Å²) >= 11 is 0. The molecular weight excluding hydrogens is 446 g/mol. The van der Waals surface area contributed by atoms with Crippen LogP contribution in [0.15, 0.2) is 39.5 Å². The van der Waals surface area contributed by atoms with Crippen LogP contribution in [-0.2, 0) is 9.84 Å². The number of benzene rings is 2. The molecule has 33 heavy (non-hydrogen) atoms. The van der Waals surface area contributed by atoms with Crippen molar-refractivity contribution in [2.45, 2.75) is 32.4 Å². The topological polar surface area (TPSA) is 114 Å². The van der Waals surface area contributed by atoms with Gasteiger partial charge in [-0.1, -0.05) is 6.07 Å². The standard InChI is InChI=1S/C24H23NO7S/c1-12-8-16-18(9-13(12)2)32-23-20(22(16)27)21(14-4-5-17(26)19(10-14)31-3)25(24(23)28)15-6-7-33(29,30)11-15/h4-5,8-10,15,21,26H,6-7,11H2,1-3H3. The van der Waals surface area contributed by atoms with E-state index in [0.717, 1.165) is 11.1 Å². The van der Waals surface area contributed by atoms with Crippen LogP contribution in [0.3, 0.4) is 0 Å². The number of aromatic hydroxyl groups is 1. The van der Waals surface area contributed by atoms with Crippen LogP contribution >= 0.6 is 0 Å². The predicted octanol–water partition coefficient (Wildman–Crippen LogP) is 2.86. The summed E-state index contributed by atoms with van der Waals surface area (Å²) in [4.78, 5) is 28.7. The van der Waals surface area contributed by atoms with Crippen LogP contribution in [0.4, 0.5) is 0 Å². The summed E-state index contributed by atoms with van der Waals surface area (Å²) < 4.78 is 35.7. The maximum absolute atomic E-state index is 13.7. The average Bonchev–Trinajstić information content (AvgIpc) is 3.26. The number of rotatable bonds is 3. The SMILES string of the molecule is COc1cc(C2c3c(oc4cc(C)c(C)cc4c3=O)C(=O)N2C2CCS(=O)(=O)C2)ccc1O. The van der Waals surface area contributed by atoms with Gasteiger partial charge in [-0.2, -0.15) is 0 Å². The number of sulfone groups is 1. The van der Waals surface area contributed by atoms with E-state index in [-0.39, 0.29) is 46.2 Å². The maximum Gasteiger partial charge on any atom is 0.291 e. The van der Waals surface area contributed by atoms with Gasteiger partial charge in [-0.3, -0.25) is 9.59 Å². The number of ether oxygens (including phenoxy) is 1. The molecule has 0 saturated carbocycles. The van der Waals surface area contributed by atoms with Crippen molar-refractivity contribution in [1.29, 1.82) is 0 Å². The quantitative estimate of drug-likeness (QED) is 0.627.